The maximum absolute atomic E-state index is 12.4. The number of nitrogens with zero attached hydrogens (tertiary/aromatic N) is 2. The van der Waals surface area contributed by atoms with Gasteiger partial charge in [-0.2, -0.15) is 8.42 Å². The summed E-state index contributed by atoms with van der Waals surface area (Å²) in [6, 6.07) is 9.10. The molecule has 22 heavy (non-hydrogen) atoms. The number of aryl methyl sites for hydroxylation is 2. The first-order chi connectivity index (χ1) is 10.4. The van der Waals surface area contributed by atoms with Crippen LogP contribution in [0.2, 0.25) is 4.34 Å². The summed E-state index contributed by atoms with van der Waals surface area (Å²) in [6.07, 6.45) is 0. The van der Waals surface area contributed by atoms with Crippen molar-refractivity contribution in [3.63, 3.8) is 0 Å². The Morgan fingerprint density at radius 1 is 1.23 bits per heavy atom. The van der Waals surface area contributed by atoms with Crippen molar-refractivity contribution in [2.45, 2.75) is 24.6 Å². The van der Waals surface area contributed by atoms with Crippen LogP contribution >= 0.6 is 34.3 Å². The highest BCUT2D eigenvalue weighted by atomic mass is 35.5. The Morgan fingerprint density at radius 3 is 2.64 bits per heavy atom. The largest absolute Gasteiger partial charge is 0.316 e. The molecular formula is C14H13ClN2O2S3. The van der Waals surface area contributed by atoms with E-state index in [1.54, 1.807) is 6.07 Å². The first-order valence-electron chi connectivity index (χ1n) is 6.57. The van der Waals surface area contributed by atoms with Crippen molar-refractivity contribution in [1.82, 2.24) is 4.57 Å². The molecule has 0 aliphatic rings. The lowest BCUT2D eigenvalue weighted by atomic mass is 10.2. The van der Waals surface area contributed by atoms with Gasteiger partial charge in [-0.25, -0.2) is 0 Å². The topological polar surface area (TPSA) is 51.4 Å². The van der Waals surface area contributed by atoms with Crippen LogP contribution in [0, 0.1) is 6.92 Å². The summed E-state index contributed by atoms with van der Waals surface area (Å²) in [4.78, 5) is 0.479. The molecule has 0 N–H and O–H groups in total. The molecule has 0 unspecified atom stereocenters. The van der Waals surface area contributed by atoms with E-state index >= 15 is 0 Å². The van der Waals surface area contributed by atoms with E-state index in [1.807, 2.05) is 36.6 Å². The second kappa shape index (κ2) is 5.81. The summed E-state index contributed by atoms with van der Waals surface area (Å²) in [5, 5.41) is 0. The minimum atomic E-state index is -3.73. The fourth-order valence-electron chi connectivity index (χ4n) is 2.14. The average molecular weight is 373 g/mol. The molecule has 3 rings (SSSR count). The number of benzene rings is 1. The van der Waals surface area contributed by atoms with E-state index in [4.69, 9.17) is 11.6 Å². The van der Waals surface area contributed by atoms with E-state index < -0.39 is 10.0 Å². The number of fused-ring (bicyclic) bond motifs is 1. The normalized spacial score (nSPS) is 13.1. The lowest BCUT2D eigenvalue weighted by Crippen LogP contribution is -2.15. The summed E-state index contributed by atoms with van der Waals surface area (Å²) in [6.45, 7) is 4.64. The standard InChI is InChI=1S/C14H13ClN2O2S3/c1-3-17-10-5-4-9(2)8-11(10)20-14(17)16-22(18,19)13-7-6-12(15)21-13/h4-8H,3H2,1-2H3. The first-order valence-corrected chi connectivity index (χ1v) is 10.0. The highest BCUT2D eigenvalue weighted by molar-refractivity contribution is 7.92. The molecule has 8 heteroatoms. The van der Waals surface area contributed by atoms with Crippen LogP contribution in [-0.2, 0) is 16.6 Å². The Morgan fingerprint density at radius 2 is 2.00 bits per heavy atom. The van der Waals surface area contributed by atoms with Gasteiger partial charge in [-0.1, -0.05) is 29.0 Å². The maximum atomic E-state index is 12.4. The Balaban J connectivity index is 2.25. The van der Waals surface area contributed by atoms with E-state index in [9.17, 15) is 8.42 Å². The number of thiophene rings is 1. The van der Waals surface area contributed by atoms with Crippen molar-refractivity contribution in [2.75, 3.05) is 0 Å². The Hall–Kier alpha value is -1.15. The third kappa shape index (κ3) is 2.86. The van der Waals surface area contributed by atoms with Crippen LogP contribution in [0.4, 0.5) is 0 Å². The average Bonchev–Trinajstić information content (AvgIpc) is 3.01. The predicted molar refractivity (Wildman–Crippen MR) is 92.3 cm³/mol. The van der Waals surface area contributed by atoms with Crippen molar-refractivity contribution in [3.8, 4) is 0 Å². The van der Waals surface area contributed by atoms with E-state index in [0.29, 0.717) is 15.7 Å². The molecule has 0 atom stereocenters. The zero-order chi connectivity index (χ0) is 15.9. The molecule has 4 nitrogen and oxygen atoms in total. The maximum Gasteiger partial charge on any atom is 0.294 e. The van der Waals surface area contributed by atoms with Gasteiger partial charge >= 0.3 is 0 Å². The molecular weight excluding hydrogens is 360 g/mol. The van der Waals surface area contributed by atoms with Crippen molar-refractivity contribution in [1.29, 1.82) is 0 Å². The van der Waals surface area contributed by atoms with Crippen LogP contribution in [0.3, 0.4) is 0 Å². The van der Waals surface area contributed by atoms with Crippen molar-refractivity contribution in [3.05, 3.63) is 45.0 Å². The van der Waals surface area contributed by atoms with Crippen molar-refractivity contribution in [2.24, 2.45) is 4.40 Å². The summed E-state index contributed by atoms with van der Waals surface area (Å²) in [7, 11) is -3.73. The van der Waals surface area contributed by atoms with Crippen LogP contribution < -0.4 is 4.80 Å². The van der Waals surface area contributed by atoms with Gasteiger partial charge in [0, 0.05) is 6.54 Å². The fourth-order valence-corrected chi connectivity index (χ4v) is 6.00. The molecule has 0 spiro atoms. The predicted octanol–water partition coefficient (Wildman–Crippen LogP) is 4.04. The molecule has 3 aromatic rings. The van der Waals surface area contributed by atoms with E-state index in [-0.39, 0.29) is 4.21 Å². The van der Waals surface area contributed by atoms with Gasteiger partial charge in [0.25, 0.3) is 10.0 Å². The van der Waals surface area contributed by atoms with Gasteiger partial charge in [-0.3, -0.25) is 0 Å². The highest BCUT2D eigenvalue weighted by Crippen LogP contribution is 2.27. The summed E-state index contributed by atoms with van der Waals surface area (Å²) < 4.78 is 32.4. The third-order valence-corrected chi connectivity index (χ3v) is 7.28. The highest BCUT2D eigenvalue weighted by Gasteiger charge is 2.16. The number of halogens is 1. The Bertz CT molecular complexity index is 1010. The molecule has 0 saturated heterocycles. The monoisotopic (exact) mass is 372 g/mol. The van der Waals surface area contributed by atoms with Gasteiger partial charge < -0.3 is 4.57 Å². The number of aromatic nitrogens is 1. The van der Waals surface area contributed by atoms with Gasteiger partial charge in [0.2, 0.25) is 4.80 Å². The second-order valence-electron chi connectivity index (χ2n) is 4.72. The molecule has 0 amide bonds. The number of sulfonamides is 1. The van der Waals surface area contributed by atoms with Gasteiger partial charge in [0.05, 0.1) is 14.6 Å². The SMILES string of the molecule is CCn1c(=NS(=O)(=O)c2ccc(Cl)s2)sc2cc(C)ccc21. The molecule has 0 bridgehead atoms. The smallest absolute Gasteiger partial charge is 0.294 e. The Labute approximate surface area is 141 Å². The molecule has 116 valence electrons. The molecule has 1 aromatic carbocycles. The summed E-state index contributed by atoms with van der Waals surface area (Å²) in [5.41, 5.74) is 2.13. The van der Waals surface area contributed by atoms with Crippen LogP contribution in [0.5, 0.6) is 0 Å². The van der Waals surface area contributed by atoms with Crippen LogP contribution in [0.15, 0.2) is 38.9 Å². The van der Waals surface area contributed by atoms with Crippen molar-refractivity contribution >= 4 is 54.5 Å². The molecule has 0 aliphatic carbocycles. The molecule has 2 heterocycles. The summed E-state index contributed by atoms with van der Waals surface area (Å²) >= 11 is 8.22. The quantitative estimate of drug-likeness (QED) is 0.696. The Kier molecular flexibility index (Phi) is 4.15. The van der Waals surface area contributed by atoms with Crippen LogP contribution in [0.25, 0.3) is 10.2 Å². The van der Waals surface area contributed by atoms with Crippen LogP contribution in [-0.4, -0.2) is 13.0 Å². The lowest BCUT2D eigenvalue weighted by molar-refractivity contribution is 0.597. The van der Waals surface area contributed by atoms with Crippen molar-refractivity contribution < 1.29 is 8.42 Å². The van der Waals surface area contributed by atoms with Gasteiger partial charge in [0.1, 0.15) is 4.21 Å². The minimum absolute atomic E-state index is 0.161. The number of rotatable bonds is 3. The second-order valence-corrected chi connectivity index (χ2v) is 9.28. The molecule has 0 radical (unpaired) electrons. The number of thiazole rings is 1. The van der Waals surface area contributed by atoms with E-state index in [2.05, 4.69) is 4.40 Å². The third-order valence-electron chi connectivity index (χ3n) is 3.16. The van der Waals surface area contributed by atoms with Gasteiger partial charge in [-0.05, 0) is 43.7 Å². The molecule has 2 aromatic heterocycles. The van der Waals surface area contributed by atoms with Gasteiger partial charge in [-0.15, -0.1) is 15.7 Å². The zero-order valence-electron chi connectivity index (χ0n) is 11.9. The minimum Gasteiger partial charge on any atom is -0.316 e. The molecule has 0 aliphatic heterocycles. The number of hydrogen-bond donors (Lipinski definition) is 0. The molecule has 0 fully saturated rings. The molecule has 0 saturated carbocycles. The van der Waals surface area contributed by atoms with Crippen LogP contribution in [0.1, 0.15) is 12.5 Å². The van der Waals surface area contributed by atoms with E-state index in [0.717, 1.165) is 27.1 Å². The zero-order valence-corrected chi connectivity index (χ0v) is 15.1. The first kappa shape index (κ1) is 15.7. The summed E-state index contributed by atoms with van der Waals surface area (Å²) in [5.74, 6) is 0. The van der Waals surface area contributed by atoms with E-state index in [1.165, 1.54) is 17.4 Å². The fraction of sp³-hybridized carbons (Fsp3) is 0.214. The lowest BCUT2D eigenvalue weighted by Gasteiger charge is -2.00. The van der Waals surface area contributed by atoms with Gasteiger partial charge in [0.15, 0.2) is 0 Å². The number of hydrogen-bond acceptors (Lipinski definition) is 4.